The summed E-state index contributed by atoms with van der Waals surface area (Å²) in [5.41, 5.74) is 3.17. The molecule has 0 unspecified atom stereocenters. The van der Waals surface area contributed by atoms with E-state index >= 15 is 0 Å². The average Bonchev–Trinajstić information content (AvgIpc) is 3.35. The summed E-state index contributed by atoms with van der Waals surface area (Å²) in [5, 5.41) is 1.23. The third-order valence-corrected chi connectivity index (χ3v) is 8.20. The lowest BCUT2D eigenvalue weighted by atomic mass is 10.1. The number of nitrogens with zero attached hydrogens (tertiary/aromatic N) is 4. The first-order valence-electron chi connectivity index (χ1n) is 13.4. The number of aryl methyl sites for hydroxylation is 1. The number of methoxy groups -OCH3 is 1. The normalized spacial score (nSPS) is 17.2. The van der Waals surface area contributed by atoms with Gasteiger partial charge in [-0.1, -0.05) is 22.0 Å². The van der Waals surface area contributed by atoms with E-state index in [0.29, 0.717) is 25.2 Å². The van der Waals surface area contributed by atoms with Crippen LogP contribution in [0, 0.1) is 0 Å². The first-order valence-corrected chi connectivity index (χ1v) is 14.2. The number of rotatable bonds is 8. The summed E-state index contributed by atoms with van der Waals surface area (Å²) in [6.45, 7) is 7.62. The molecule has 3 heterocycles. The number of hydrogen-bond donors (Lipinski definition) is 1. The molecule has 3 aromatic rings. The molecule has 2 fully saturated rings. The van der Waals surface area contributed by atoms with Gasteiger partial charge in [0.25, 0.3) is 5.91 Å². The minimum atomic E-state index is 0.0535. The van der Waals surface area contributed by atoms with Crippen LogP contribution >= 0.6 is 15.9 Å². The zero-order chi connectivity index (χ0) is 26.5. The first-order chi connectivity index (χ1) is 18.5. The highest BCUT2D eigenvalue weighted by molar-refractivity contribution is 9.10. The lowest BCUT2D eigenvalue weighted by molar-refractivity contribution is -0.134. The molecule has 0 aliphatic carbocycles. The zero-order valence-corrected chi connectivity index (χ0v) is 23.6. The summed E-state index contributed by atoms with van der Waals surface area (Å²) in [6, 6.07) is 13.7. The van der Waals surface area contributed by atoms with Gasteiger partial charge in [-0.25, -0.2) is 0 Å². The van der Waals surface area contributed by atoms with Gasteiger partial charge in [-0.2, -0.15) is 0 Å². The van der Waals surface area contributed by atoms with Crippen molar-refractivity contribution in [1.29, 1.82) is 0 Å². The van der Waals surface area contributed by atoms with E-state index in [0.717, 1.165) is 74.4 Å². The monoisotopic (exact) mass is 581 g/mol. The molecule has 0 saturated carbocycles. The van der Waals surface area contributed by atoms with Crippen LogP contribution in [-0.4, -0.2) is 109 Å². The molecule has 0 atom stereocenters. The van der Waals surface area contributed by atoms with Crippen molar-refractivity contribution in [3.8, 4) is 5.75 Å². The largest absolute Gasteiger partial charge is 0.497 e. The molecule has 2 amide bonds. The first kappa shape index (κ1) is 26.7. The predicted molar refractivity (Wildman–Crippen MR) is 153 cm³/mol. The van der Waals surface area contributed by atoms with Crippen LogP contribution in [0.1, 0.15) is 22.3 Å². The molecule has 1 N–H and O–H groups in total. The van der Waals surface area contributed by atoms with Crippen molar-refractivity contribution in [3.63, 3.8) is 0 Å². The van der Waals surface area contributed by atoms with Crippen LogP contribution in [0.4, 0.5) is 0 Å². The van der Waals surface area contributed by atoms with Gasteiger partial charge in [0.2, 0.25) is 5.91 Å². The molecule has 202 valence electrons. The standard InChI is InChI=1S/C29H36BrN5O3/c1-38-25-7-8-27-26(19-25)23(20-31-27)5-3-9-32-10-14-34(15-11-32)28(36)21-33-12-16-35(17-13-33)29(37)22-4-2-6-24(30)18-22/h2,4,6-8,18-20,31H,3,5,9-17,21H2,1H3. The predicted octanol–water partition coefficient (Wildman–Crippen LogP) is 3.47. The zero-order valence-electron chi connectivity index (χ0n) is 22.0. The van der Waals surface area contributed by atoms with Crippen molar-refractivity contribution in [3.05, 3.63) is 64.3 Å². The van der Waals surface area contributed by atoms with Gasteiger partial charge in [0.15, 0.2) is 0 Å². The second kappa shape index (κ2) is 12.3. The Morgan fingerprint density at radius 1 is 0.921 bits per heavy atom. The van der Waals surface area contributed by atoms with E-state index < -0.39 is 0 Å². The van der Waals surface area contributed by atoms with Gasteiger partial charge < -0.3 is 19.5 Å². The highest BCUT2D eigenvalue weighted by atomic mass is 79.9. The van der Waals surface area contributed by atoms with Crippen LogP contribution in [0.5, 0.6) is 5.75 Å². The average molecular weight is 583 g/mol. The van der Waals surface area contributed by atoms with E-state index in [4.69, 9.17) is 4.74 Å². The summed E-state index contributed by atoms with van der Waals surface area (Å²) in [4.78, 5) is 37.6. The number of H-pyrrole nitrogens is 1. The Hall–Kier alpha value is -2.88. The molecule has 8 nitrogen and oxygen atoms in total. The third-order valence-electron chi connectivity index (χ3n) is 7.71. The van der Waals surface area contributed by atoms with Crippen molar-refractivity contribution in [2.75, 3.05) is 72.6 Å². The number of aromatic nitrogens is 1. The van der Waals surface area contributed by atoms with Crippen LogP contribution in [0.15, 0.2) is 53.1 Å². The van der Waals surface area contributed by atoms with Crippen LogP contribution < -0.4 is 4.74 Å². The van der Waals surface area contributed by atoms with Crippen LogP contribution in [-0.2, 0) is 11.2 Å². The van der Waals surface area contributed by atoms with E-state index in [2.05, 4.69) is 49.0 Å². The molecule has 1 aromatic heterocycles. The van der Waals surface area contributed by atoms with Gasteiger partial charge in [-0.05, 0) is 61.3 Å². The smallest absolute Gasteiger partial charge is 0.253 e. The Morgan fingerprint density at radius 2 is 1.66 bits per heavy atom. The number of halogens is 1. The highest BCUT2D eigenvalue weighted by Gasteiger charge is 2.26. The molecule has 0 radical (unpaired) electrons. The fraction of sp³-hybridized carbons (Fsp3) is 0.448. The molecule has 9 heteroatoms. The summed E-state index contributed by atoms with van der Waals surface area (Å²) in [6.07, 6.45) is 4.21. The van der Waals surface area contributed by atoms with Crippen molar-refractivity contribution in [2.24, 2.45) is 0 Å². The van der Waals surface area contributed by atoms with E-state index in [9.17, 15) is 9.59 Å². The van der Waals surface area contributed by atoms with Crippen molar-refractivity contribution >= 4 is 38.6 Å². The maximum Gasteiger partial charge on any atom is 0.253 e. The maximum absolute atomic E-state index is 13.0. The van der Waals surface area contributed by atoms with E-state index in [1.165, 1.54) is 10.9 Å². The molecule has 38 heavy (non-hydrogen) atoms. The van der Waals surface area contributed by atoms with E-state index in [1.807, 2.05) is 40.1 Å². The van der Waals surface area contributed by atoms with Gasteiger partial charge in [-0.15, -0.1) is 0 Å². The maximum atomic E-state index is 13.0. The summed E-state index contributed by atoms with van der Waals surface area (Å²) in [5.74, 6) is 1.14. The molecule has 5 rings (SSSR count). The number of nitrogens with one attached hydrogen (secondary N) is 1. The quantitative estimate of drug-likeness (QED) is 0.441. The molecule has 0 spiro atoms. The Labute approximate surface area is 232 Å². The Balaban J connectivity index is 1.01. The van der Waals surface area contributed by atoms with E-state index in [-0.39, 0.29) is 11.8 Å². The molecular formula is C29H36BrN5O3. The van der Waals surface area contributed by atoms with Crippen LogP contribution in [0.25, 0.3) is 10.9 Å². The molecule has 2 saturated heterocycles. The van der Waals surface area contributed by atoms with Gasteiger partial charge in [0, 0.05) is 79.5 Å². The number of carbonyl (C=O) groups excluding carboxylic acids is 2. The molecular weight excluding hydrogens is 546 g/mol. The number of fused-ring (bicyclic) bond motifs is 1. The SMILES string of the molecule is COc1ccc2[nH]cc(CCCN3CCN(C(=O)CN4CCN(C(=O)c5cccc(Br)c5)CC4)CC3)c2c1. The fourth-order valence-electron chi connectivity index (χ4n) is 5.41. The fourth-order valence-corrected chi connectivity index (χ4v) is 5.81. The molecule has 2 aliphatic heterocycles. The second-order valence-corrected chi connectivity index (χ2v) is 11.0. The number of carbonyl (C=O) groups is 2. The number of ether oxygens (including phenoxy) is 1. The Kier molecular flexibility index (Phi) is 8.66. The number of hydrogen-bond acceptors (Lipinski definition) is 5. The minimum absolute atomic E-state index is 0.0535. The minimum Gasteiger partial charge on any atom is -0.497 e. The Bertz CT molecular complexity index is 1260. The lowest BCUT2D eigenvalue weighted by Gasteiger charge is -2.38. The van der Waals surface area contributed by atoms with Gasteiger partial charge in [-0.3, -0.25) is 19.4 Å². The second-order valence-electron chi connectivity index (χ2n) is 10.1. The molecule has 2 aromatic carbocycles. The number of amides is 2. The number of aromatic amines is 1. The summed E-state index contributed by atoms with van der Waals surface area (Å²) in [7, 11) is 1.70. The van der Waals surface area contributed by atoms with Gasteiger partial charge >= 0.3 is 0 Å². The van der Waals surface area contributed by atoms with Crippen molar-refractivity contribution < 1.29 is 14.3 Å². The summed E-state index contributed by atoms with van der Waals surface area (Å²) < 4.78 is 6.29. The lowest BCUT2D eigenvalue weighted by Crippen LogP contribution is -2.54. The van der Waals surface area contributed by atoms with E-state index in [1.54, 1.807) is 7.11 Å². The van der Waals surface area contributed by atoms with Gasteiger partial charge in [0.1, 0.15) is 5.75 Å². The number of piperazine rings is 2. The third kappa shape index (κ3) is 6.39. The molecule has 0 bridgehead atoms. The Morgan fingerprint density at radius 3 is 2.39 bits per heavy atom. The summed E-state index contributed by atoms with van der Waals surface area (Å²) >= 11 is 3.44. The molecule has 2 aliphatic rings. The van der Waals surface area contributed by atoms with Crippen LogP contribution in [0.3, 0.4) is 0 Å². The van der Waals surface area contributed by atoms with Crippen molar-refractivity contribution in [1.82, 2.24) is 24.6 Å². The highest BCUT2D eigenvalue weighted by Crippen LogP contribution is 2.24. The topological polar surface area (TPSA) is 72.1 Å². The van der Waals surface area contributed by atoms with Gasteiger partial charge in [0.05, 0.1) is 13.7 Å². The van der Waals surface area contributed by atoms with Crippen LogP contribution in [0.2, 0.25) is 0 Å². The van der Waals surface area contributed by atoms with Crippen molar-refractivity contribution in [2.45, 2.75) is 12.8 Å². The number of benzene rings is 2.